The predicted molar refractivity (Wildman–Crippen MR) is 132 cm³/mol. The zero-order valence-corrected chi connectivity index (χ0v) is 19.1. The van der Waals surface area contributed by atoms with E-state index in [2.05, 4.69) is 29.6 Å². The Hall–Kier alpha value is -3.05. The van der Waals surface area contributed by atoms with Gasteiger partial charge in [-0.05, 0) is 67.1 Å². The number of thioether (sulfide) groups is 1. The molecule has 0 bridgehead atoms. The number of benzene rings is 3. The van der Waals surface area contributed by atoms with Crippen molar-refractivity contribution in [3.63, 3.8) is 0 Å². The molecule has 0 aliphatic carbocycles. The molecule has 2 amide bonds. The number of unbranched alkanes of at least 4 members (excludes halogenated alkanes) is 1. The van der Waals surface area contributed by atoms with Crippen molar-refractivity contribution in [2.24, 2.45) is 0 Å². The Morgan fingerprint density at radius 2 is 1.81 bits per heavy atom. The normalized spacial score (nSPS) is 15.7. The fraction of sp³-hybridized carbons (Fsp3) is 0.259. The molecule has 0 spiro atoms. The number of nitrogens with zero attached hydrogens (tertiary/aromatic N) is 1. The first-order valence-electron chi connectivity index (χ1n) is 11.0. The number of carbonyl (C=O) groups is 2. The second kappa shape index (κ2) is 10.5. The summed E-state index contributed by atoms with van der Waals surface area (Å²) in [5.41, 5.74) is 4.95. The van der Waals surface area contributed by atoms with Gasteiger partial charge in [-0.1, -0.05) is 54.6 Å². The maximum atomic E-state index is 12.7. The number of carbonyl (C=O) groups excluding carboxylic acids is 2. The molecule has 0 saturated carbocycles. The highest BCUT2D eigenvalue weighted by molar-refractivity contribution is 8.00. The van der Waals surface area contributed by atoms with E-state index in [1.165, 1.54) is 5.56 Å². The Morgan fingerprint density at radius 3 is 2.62 bits per heavy atom. The standard InChI is InChI=1S/C27H28N2O2S/c1-20-9-7-15-24(17-20)29-25(30)19-32-27(29)23-14-8-13-22(18-23)26(31)28-16-6-5-12-21-10-3-2-4-11-21/h2-4,7-11,13-15,17-18,27H,5-6,12,16,19H2,1H3,(H,28,31). The number of amides is 2. The molecule has 3 aromatic rings. The Bertz CT molecular complexity index is 1080. The summed E-state index contributed by atoms with van der Waals surface area (Å²) >= 11 is 1.60. The van der Waals surface area contributed by atoms with Gasteiger partial charge in [0.1, 0.15) is 5.37 Å². The molecule has 1 fully saturated rings. The minimum Gasteiger partial charge on any atom is -0.352 e. The van der Waals surface area contributed by atoms with E-state index < -0.39 is 0 Å². The van der Waals surface area contributed by atoms with Crippen molar-refractivity contribution in [2.75, 3.05) is 17.2 Å². The Morgan fingerprint density at radius 1 is 1.00 bits per heavy atom. The molecule has 1 atom stereocenters. The van der Waals surface area contributed by atoms with Crippen LogP contribution in [0.4, 0.5) is 5.69 Å². The van der Waals surface area contributed by atoms with Crippen molar-refractivity contribution < 1.29 is 9.59 Å². The molecule has 1 saturated heterocycles. The van der Waals surface area contributed by atoms with Crippen LogP contribution in [0.3, 0.4) is 0 Å². The molecular weight excluding hydrogens is 416 g/mol. The van der Waals surface area contributed by atoms with Gasteiger partial charge in [0.05, 0.1) is 5.75 Å². The number of anilines is 1. The first kappa shape index (κ1) is 22.2. The summed E-state index contributed by atoms with van der Waals surface area (Å²) in [7, 11) is 0. The lowest BCUT2D eigenvalue weighted by molar-refractivity contribution is -0.115. The van der Waals surface area contributed by atoms with Crippen LogP contribution in [0.5, 0.6) is 0 Å². The van der Waals surface area contributed by atoms with E-state index in [9.17, 15) is 9.59 Å². The monoisotopic (exact) mass is 444 g/mol. The third-order valence-electron chi connectivity index (χ3n) is 5.60. The molecule has 1 aliphatic heterocycles. The lowest BCUT2D eigenvalue weighted by Gasteiger charge is -2.25. The van der Waals surface area contributed by atoms with Gasteiger partial charge in [0.2, 0.25) is 5.91 Å². The molecule has 1 N–H and O–H groups in total. The average molecular weight is 445 g/mol. The van der Waals surface area contributed by atoms with Gasteiger partial charge in [0, 0.05) is 17.8 Å². The van der Waals surface area contributed by atoms with Crippen LogP contribution in [0.25, 0.3) is 0 Å². The summed E-state index contributed by atoms with van der Waals surface area (Å²) < 4.78 is 0. The molecule has 32 heavy (non-hydrogen) atoms. The summed E-state index contributed by atoms with van der Waals surface area (Å²) in [6, 6.07) is 26.0. The van der Waals surface area contributed by atoms with E-state index in [1.807, 2.05) is 66.4 Å². The topological polar surface area (TPSA) is 49.4 Å². The van der Waals surface area contributed by atoms with Crippen molar-refractivity contribution in [3.8, 4) is 0 Å². The number of nitrogens with one attached hydrogen (secondary N) is 1. The van der Waals surface area contributed by atoms with Gasteiger partial charge >= 0.3 is 0 Å². The quantitative estimate of drug-likeness (QED) is 0.465. The Kier molecular flexibility index (Phi) is 7.28. The van der Waals surface area contributed by atoms with E-state index in [1.54, 1.807) is 11.8 Å². The molecule has 3 aromatic carbocycles. The van der Waals surface area contributed by atoms with Crippen LogP contribution in [0.15, 0.2) is 78.9 Å². The number of aryl methyl sites for hydroxylation is 2. The minimum atomic E-state index is -0.122. The number of hydrogen-bond donors (Lipinski definition) is 1. The molecule has 4 rings (SSSR count). The molecule has 4 nitrogen and oxygen atoms in total. The highest BCUT2D eigenvalue weighted by atomic mass is 32.2. The van der Waals surface area contributed by atoms with Crippen LogP contribution in [0, 0.1) is 6.92 Å². The van der Waals surface area contributed by atoms with Crippen molar-refractivity contribution in [1.29, 1.82) is 0 Å². The van der Waals surface area contributed by atoms with Crippen molar-refractivity contribution >= 4 is 29.3 Å². The molecule has 5 heteroatoms. The van der Waals surface area contributed by atoms with Crippen molar-refractivity contribution in [2.45, 2.75) is 31.6 Å². The summed E-state index contributed by atoms with van der Waals surface area (Å²) in [5.74, 6) is 0.470. The molecule has 1 unspecified atom stereocenters. The molecule has 164 valence electrons. The molecule has 0 radical (unpaired) electrons. The molecule has 0 aromatic heterocycles. The van der Waals surface area contributed by atoms with E-state index in [0.717, 1.165) is 36.1 Å². The number of rotatable bonds is 8. The van der Waals surface area contributed by atoms with Gasteiger partial charge in [-0.3, -0.25) is 14.5 Å². The SMILES string of the molecule is Cc1cccc(N2C(=O)CSC2c2cccc(C(=O)NCCCCc3ccccc3)c2)c1. The second-order valence-corrected chi connectivity index (χ2v) is 9.16. The lowest BCUT2D eigenvalue weighted by Crippen LogP contribution is -2.28. The minimum absolute atomic E-state index is 0.0667. The summed E-state index contributed by atoms with van der Waals surface area (Å²) in [6.07, 6.45) is 3.00. The van der Waals surface area contributed by atoms with E-state index in [4.69, 9.17) is 0 Å². The molecular formula is C27H28N2O2S. The molecule has 1 heterocycles. The van der Waals surface area contributed by atoms with Crippen LogP contribution in [-0.4, -0.2) is 24.1 Å². The van der Waals surface area contributed by atoms with Gasteiger partial charge in [-0.15, -0.1) is 11.8 Å². The van der Waals surface area contributed by atoms with Crippen molar-refractivity contribution in [3.05, 3.63) is 101 Å². The number of hydrogen-bond acceptors (Lipinski definition) is 3. The molecule has 1 aliphatic rings. The van der Waals surface area contributed by atoms with E-state index in [-0.39, 0.29) is 17.2 Å². The van der Waals surface area contributed by atoms with Crippen LogP contribution in [0.1, 0.15) is 45.3 Å². The highest BCUT2D eigenvalue weighted by Crippen LogP contribution is 2.42. The fourth-order valence-corrected chi connectivity index (χ4v) is 5.13. The largest absolute Gasteiger partial charge is 0.352 e. The van der Waals surface area contributed by atoms with Crippen LogP contribution in [0.2, 0.25) is 0 Å². The summed E-state index contributed by atoms with van der Waals surface area (Å²) in [5, 5.41) is 2.91. The zero-order chi connectivity index (χ0) is 22.3. The maximum Gasteiger partial charge on any atom is 0.251 e. The highest BCUT2D eigenvalue weighted by Gasteiger charge is 2.34. The van der Waals surface area contributed by atoms with Gasteiger partial charge in [-0.25, -0.2) is 0 Å². The van der Waals surface area contributed by atoms with Crippen molar-refractivity contribution in [1.82, 2.24) is 5.32 Å². The third-order valence-corrected chi connectivity index (χ3v) is 6.81. The first-order valence-corrected chi connectivity index (χ1v) is 12.1. The maximum absolute atomic E-state index is 12.7. The predicted octanol–water partition coefficient (Wildman–Crippen LogP) is 5.53. The van der Waals surface area contributed by atoms with Crippen LogP contribution < -0.4 is 10.2 Å². The second-order valence-electron chi connectivity index (χ2n) is 8.09. The Balaban J connectivity index is 1.37. The van der Waals surface area contributed by atoms with E-state index in [0.29, 0.717) is 17.9 Å². The third kappa shape index (κ3) is 5.40. The van der Waals surface area contributed by atoms with E-state index >= 15 is 0 Å². The summed E-state index contributed by atoms with van der Waals surface area (Å²) in [4.78, 5) is 27.2. The smallest absolute Gasteiger partial charge is 0.251 e. The Labute approximate surface area is 194 Å². The average Bonchev–Trinajstić information content (AvgIpc) is 3.21. The fourth-order valence-electron chi connectivity index (χ4n) is 3.96. The zero-order valence-electron chi connectivity index (χ0n) is 18.3. The van der Waals surface area contributed by atoms with Gasteiger partial charge in [0.15, 0.2) is 0 Å². The first-order chi connectivity index (χ1) is 15.6. The lowest BCUT2D eigenvalue weighted by atomic mass is 10.1. The van der Waals surface area contributed by atoms with Crippen LogP contribution >= 0.6 is 11.8 Å². The van der Waals surface area contributed by atoms with Crippen LogP contribution in [-0.2, 0) is 11.2 Å². The summed E-state index contributed by atoms with van der Waals surface area (Å²) in [6.45, 7) is 2.68. The van der Waals surface area contributed by atoms with Gasteiger partial charge < -0.3 is 5.32 Å². The van der Waals surface area contributed by atoms with Gasteiger partial charge in [0.25, 0.3) is 5.91 Å². The van der Waals surface area contributed by atoms with Gasteiger partial charge in [-0.2, -0.15) is 0 Å².